The maximum Gasteiger partial charge on any atom is 0.262 e. The smallest absolute Gasteiger partial charge is 0.262 e. The van der Waals surface area contributed by atoms with E-state index >= 15 is 0 Å². The minimum Gasteiger partial charge on any atom is -0.355 e. The number of aromatic nitrogens is 4. The van der Waals surface area contributed by atoms with Crippen molar-refractivity contribution < 1.29 is 13.2 Å². The van der Waals surface area contributed by atoms with Crippen molar-refractivity contribution in [2.24, 2.45) is 5.92 Å². The zero-order valence-corrected chi connectivity index (χ0v) is 17.7. The van der Waals surface area contributed by atoms with Crippen molar-refractivity contribution in [1.29, 1.82) is 0 Å². The molecule has 1 saturated heterocycles. The Morgan fingerprint density at radius 3 is 2.73 bits per heavy atom. The molecule has 1 aliphatic heterocycles. The van der Waals surface area contributed by atoms with Crippen molar-refractivity contribution in [2.75, 3.05) is 19.6 Å². The van der Waals surface area contributed by atoms with Crippen molar-refractivity contribution in [3.8, 4) is 0 Å². The molecule has 0 radical (unpaired) electrons. The number of imidazole rings is 2. The number of nitrogens with zero attached hydrogens (tertiary/aromatic N) is 4. The first-order valence-corrected chi connectivity index (χ1v) is 11.6. The molecule has 1 amide bonds. The van der Waals surface area contributed by atoms with E-state index in [1.54, 1.807) is 10.8 Å². The van der Waals surface area contributed by atoms with Gasteiger partial charge < -0.3 is 14.9 Å². The topological polar surface area (TPSA) is 113 Å². The Bertz CT molecular complexity index is 1100. The number of piperidine rings is 1. The first-order valence-electron chi connectivity index (χ1n) is 10.2. The molecule has 3 aromatic rings. The fourth-order valence-corrected chi connectivity index (χ4v) is 5.11. The monoisotopic (exact) mass is 430 g/mol. The minimum absolute atomic E-state index is 0.0292. The molecule has 0 unspecified atom stereocenters. The number of para-hydroxylation sites is 2. The summed E-state index contributed by atoms with van der Waals surface area (Å²) in [4.78, 5) is 24.3. The van der Waals surface area contributed by atoms with E-state index < -0.39 is 10.0 Å². The fourth-order valence-electron chi connectivity index (χ4n) is 3.71. The van der Waals surface area contributed by atoms with Gasteiger partial charge >= 0.3 is 0 Å². The van der Waals surface area contributed by atoms with Crippen LogP contribution in [0.5, 0.6) is 0 Å². The standard InChI is InChI=1S/C20H26N6O3S/c1-2-25-13-19(22-14-25)30(28,29)26-11-8-15(9-12-26)20(27)21-10-7-18-23-16-5-3-4-6-17(16)24-18/h3-6,13-15H,2,7-12H2,1H3,(H,21,27)(H,23,24). The number of sulfonamides is 1. The Morgan fingerprint density at radius 1 is 1.27 bits per heavy atom. The molecule has 1 aromatic carbocycles. The summed E-state index contributed by atoms with van der Waals surface area (Å²) in [6.07, 6.45) is 4.70. The number of benzene rings is 1. The summed E-state index contributed by atoms with van der Waals surface area (Å²) in [7, 11) is -3.61. The first-order chi connectivity index (χ1) is 14.5. The highest BCUT2D eigenvalue weighted by Crippen LogP contribution is 2.23. The number of amides is 1. The predicted octanol–water partition coefficient (Wildman–Crippen LogP) is 1.54. The summed E-state index contributed by atoms with van der Waals surface area (Å²) in [6.45, 7) is 3.73. The maximum absolute atomic E-state index is 12.7. The Labute approximate surface area is 175 Å². The van der Waals surface area contributed by atoms with E-state index in [4.69, 9.17) is 0 Å². The van der Waals surface area contributed by atoms with Crippen LogP contribution in [0, 0.1) is 5.92 Å². The molecule has 9 nitrogen and oxygen atoms in total. The average Bonchev–Trinajstić information content (AvgIpc) is 3.40. The Morgan fingerprint density at radius 2 is 2.03 bits per heavy atom. The predicted molar refractivity (Wildman–Crippen MR) is 112 cm³/mol. The van der Waals surface area contributed by atoms with Crippen LogP contribution in [0.25, 0.3) is 11.0 Å². The second-order valence-electron chi connectivity index (χ2n) is 7.46. The largest absolute Gasteiger partial charge is 0.355 e. The molecule has 2 aromatic heterocycles. The van der Waals surface area contributed by atoms with Gasteiger partial charge in [0.1, 0.15) is 5.82 Å². The summed E-state index contributed by atoms with van der Waals surface area (Å²) in [5.41, 5.74) is 1.90. The van der Waals surface area contributed by atoms with Crippen LogP contribution in [0.2, 0.25) is 0 Å². The van der Waals surface area contributed by atoms with Gasteiger partial charge in [-0.15, -0.1) is 0 Å². The van der Waals surface area contributed by atoms with E-state index in [-0.39, 0.29) is 16.9 Å². The van der Waals surface area contributed by atoms with Gasteiger partial charge in [-0.3, -0.25) is 4.79 Å². The van der Waals surface area contributed by atoms with Gasteiger partial charge in [-0.1, -0.05) is 12.1 Å². The summed E-state index contributed by atoms with van der Waals surface area (Å²) in [5, 5.41) is 3.03. The SMILES string of the molecule is CCn1cnc(S(=O)(=O)N2CCC(C(=O)NCCc3nc4ccccc4[nH]3)CC2)c1. The molecule has 3 heterocycles. The summed E-state index contributed by atoms with van der Waals surface area (Å²) < 4.78 is 28.6. The zero-order valence-electron chi connectivity index (χ0n) is 16.9. The second kappa shape index (κ2) is 8.57. The molecule has 10 heteroatoms. The van der Waals surface area contributed by atoms with Gasteiger partial charge in [0, 0.05) is 44.7 Å². The van der Waals surface area contributed by atoms with Gasteiger partial charge in [0.05, 0.1) is 17.4 Å². The number of carbonyl (C=O) groups is 1. The molecule has 1 fully saturated rings. The number of nitrogens with one attached hydrogen (secondary N) is 2. The molecule has 0 aliphatic carbocycles. The van der Waals surface area contributed by atoms with Crippen LogP contribution in [0.1, 0.15) is 25.6 Å². The average molecular weight is 431 g/mol. The van der Waals surface area contributed by atoms with E-state index in [9.17, 15) is 13.2 Å². The summed E-state index contributed by atoms with van der Waals surface area (Å²) in [6, 6.07) is 7.81. The lowest BCUT2D eigenvalue weighted by atomic mass is 9.97. The third-order valence-corrected chi connectivity index (χ3v) is 7.29. The fraction of sp³-hybridized carbons (Fsp3) is 0.450. The number of H-pyrrole nitrogens is 1. The molecule has 2 N–H and O–H groups in total. The van der Waals surface area contributed by atoms with Crippen molar-refractivity contribution in [3.05, 3.63) is 42.6 Å². The number of aromatic amines is 1. The van der Waals surface area contributed by atoms with E-state index in [2.05, 4.69) is 20.3 Å². The third kappa shape index (κ3) is 4.24. The first kappa shape index (κ1) is 20.5. The third-order valence-electron chi connectivity index (χ3n) is 5.50. The number of carbonyl (C=O) groups excluding carboxylic acids is 1. The molecule has 0 spiro atoms. The van der Waals surface area contributed by atoms with Crippen molar-refractivity contribution in [2.45, 2.75) is 37.8 Å². The van der Waals surface area contributed by atoms with E-state index in [1.165, 1.54) is 10.6 Å². The lowest BCUT2D eigenvalue weighted by Gasteiger charge is -2.29. The highest BCUT2D eigenvalue weighted by molar-refractivity contribution is 7.89. The van der Waals surface area contributed by atoms with E-state index in [0.717, 1.165) is 16.9 Å². The molecule has 30 heavy (non-hydrogen) atoms. The number of hydrogen-bond donors (Lipinski definition) is 2. The van der Waals surface area contributed by atoms with Gasteiger partial charge in [0.25, 0.3) is 10.0 Å². The minimum atomic E-state index is -3.61. The van der Waals surface area contributed by atoms with Crippen LogP contribution in [0.15, 0.2) is 41.8 Å². The second-order valence-corrected chi connectivity index (χ2v) is 9.35. The molecule has 1 aliphatic rings. The number of fused-ring (bicyclic) bond motifs is 1. The van der Waals surface area contributed by atoms with Gasteiger partial charge in [-0.2, -0.15) is 4.31 Å². The number of rotatable bonds is 7. The lowest BCUT2D eigenvalue weighted by molar-refractivity contribution is -0.126. The molecule has 160 valence electrons. The van der Waals surface area contributed by atoms with Gasteiger partial charge in [0.2, 0.25) is 5.91 Å². The number of hydrogen-bond acceptors (Lipinski definition) is 5. The highest BCUT2D eigenvalue weighted by Gasteiger charge is 2.33. The van der Waals surface area contributed by atoms with Crippen LogP contribution in [0.3, 0.4) is 0 Å². The molecule has 0 saturated carbocycles. The van der Waals surface area contributed by atoms with Crippen LogP contribution >= 0.6 is 0 Å². The Balaban J connectivity index is 1.26. The van der Waals surface area contributed by atoms with Crippen LogP contribution in [0.4, 0.5) is 0 Å². The Kier molecular flexibility index (Phi) is 5.87. The highest BCUT2D eigenvalue weighted by atomic mass is 32.2. The van der Waals surface area contributed by atoms with Crippen molar-refractivity contribution in [3.63, 3.8) is 0 Å². The molecule has 0 atom stereocenters. The van der Waals surface area contributed by atoms with E-state index in [1.807, 2.05) is 31.2 Å². The quantitative estimate of drug-likeness (QED) is 0.590. The van der Waals surface area contributed by atoms with E-state index in [0.29, 0.717) is 45.4 Å². The zero-order chi connectivity index (χ0) is 21.1. The van der Waals surface area contributed by atoms with Gasteiger partial charge in [-0.25, -0.2) is 18.4 Å². The molecular weight excluding hydrogens is 404 g/mol. The molecular formula is C20H26N6O3S. The molecule has 4 rings (SSSR count). The van der Waals surface area contributed by atoms with Crippen LogP contribution < -0.4 is 5.32 Å². The van der Waals surface area contributed by atoms with Crippen LogP contribution in [-0.2, 0) is 27.8 Å². The molecule has 0 bridgehead atoms. The number of aryl methyl sites for hydroxylation is 1. The maximum atomic E-state index is 12.7. The van der Waals surface area contributed by atoms with Crippen molar-refractivity contribution >= 4 is 27.0 Å². The Hall–Kier alpha value is -2.72. The van der Waals surface area contributed by atoms with Gasteiger partial charge in [0.15, 0.2) is 5.03 Å². The normalized spacial score (nSPS) is 16.2. The summed E-state index contributed by atoms with van der Waals surface area (Å²) >= 11 is 0. The summed E-state index contributed by atoms with van der Waals surface area (Å²) in [5.74, 6) is 0.627. The van der Waals surface area contributed by atoms with Gasteiger partial charge in [-0.05, 0) is 31.9 Å². The van der Waals surface area contributed by atoms with Crippen LogP contribution in [-0.4, -0.2) is 57.8 Å². The lowest BCUT2D eigenvalue weighted by Crippen LogP contribution is -2.43. The van der Waals surface area contributed by atoms with Crippen molar-refractivity contribution in [1.82, 2.24) is 29.1 Å².